The summed E-state index contributed by atoms with van der Waals surface area (Å²) in [6.07, 6.45) is 1.68. The predicted molar refractivity (Wildman–Crippen MR) is 190 cm³/mol. The molecular weight excluding hydrogens is 759 g/mol. The van der Waals surface area contributed by atoms with Crippen molar-refractivity contribution >= 4 is 68.5 Å². The molecule has 0 radical (unpaired) electrons. The fourth-order valence-corrected chi connectivity index (χ4v) is 7.35. The van der Waals surface area contributed by atoms with Gasteiger partial charge in [0.1, 0.15) is 12.4 Å². The molecule has 4 aromatic rings. The Morgan fingerprint density at radius 1 is 1.00 bits per heavy atom. The number of nitrogens with zero attached hydrogens (tertiary/aromatic N) is 2. The molecular formula is C35H31BrCl2N2O8S. The van der Waals surface area contributed by atoms with E-state index >= 15 is 0 Å². The summed E-state index contributed by atoms with van der Waals surface area (Å²) in [5.74, 6) is -0.0964. The highest BCUT2D eigenvalue weighted by Crippen LogP contribution is 2.37. The summed E-state index contributed by atoms with van der Waals surface area (Å²) >= 11 is 17.3. The maximum Gasteiger partial charge on any atom is 0.343 e. The van der Waals surface area contributed by atoms with E-state index in [1.54, 1.807) is 69.3 Å². The first-order chi connectivity index (χ1) is 23.5. The van der Waals surface area contributed by atoms with Crippen molar-refractivity contribution in [2.45, 2.75) is 33.4 Å². The second-order valence-corrected chi connectivity index (χ2v) is 13.3. The average molecular weight is 791 g/mol. The van der Waals surface area contributed by atoms with Crippen molar-refractivity contribution in [2.75, 3.05) is 26.9 Å². The summed E-state index contributed by atoms with van der Waals surface area (Å²) < 4.78 is 30.2. The summed E-state index contributed by atoms with van der Waals surface area (Å²) in [4.78, 5) is 44.5. The molecule has 1 atom stereocenters. The number of allylic oxidation sites excluding steroid dienone is 1. The molecule has 0 unspecified atom stereocenters. The van der Waals surface area contributed by atoms with Crippen LogP contribution in [0.2, 0.25) is 10.0 Å². The molecule has 5 rings (SSSR count). The summed E-state index contributed by atoms with van der Waals surface area (Å²) in [7, 11) is 1.26. The molecule has 0 spiro atoms. The minimum Gasteiger partial charge on any atom is -0.490 e. The van der Waals surface area contributed by atoms with Gasteiger partial charge in [-0.1, -0.05) is 52.7 Å². The number of halogens is 3. The SMILES string of the molecule is CCOC(=O)C1=C(C)N=c2s/c(=C/c3cc(Cl)cc(Br)c3OCc3cccc(Cl)c3)c(=O)n2[C@@H]1c1ccc(OCC(=O)OC)c(OCC)c1. The lowest BCUT2D eigenvalue weighted by atomic mass is 9.95. The topological polar surface area (TPSA) is 115 Å². The lowest BCUT2D eigenvalue weighted by molar-refractivity contribution is -0.143. The molecule has 0 N–H and O–H groups in total. The highest BCUT2D eigenvalue weighted by Gasteiger charge is 2.34. The number of rotatable bonds is 12. The van der Waals surface area contributed by atoms with Gasteiger partial charge >= 0.3 is 11.9 Å². The van der Waals surface area contributed by atoms with Gasteiger partial charge in [0, 0.05) is 15.6 Å². The van der Waals surface area contributed by atoms with Crippen molar-refractivity contribution < 1.29 is 33.3 Å². The van der Waals surface area contributed by atoms with Gasteiger partial charge < -0.3 is 23.7 Å². The predicted octanol–water partition coefficient (Wildman–Crippen LogP) is 6.40. The second kappa shape index (κ2) is 16.1. The molecule has 10 nitrogen and oxygen atoms in total. The van der Waals surface area contributed by atoms with E-state index in [1.165, 1.54) is 11.7 Å². The van der Waals surface area contributed by atoms with Gasteiger partial charge in [-0.05, 0) is 90.3 Å². The molecule has 0 amide bonds. The van der Waals surface area contributed by atoms with Gasteiger partial charge in [-0.25, -0.2) is 14.6 Å². The number of thiazole rings is 1. The van der Waals surface area contributed by atoms with Crippen LogP contribution in [0.15, 0.2) is 80.1 Å². The van der Waals surface area contributed by atoms with Crippen LogP contribution < -0.4 is 29.1 Å². The van der Waals surface area contributed by atoms with E-state index in [1.807, 2.05) is 12.1 Å². The van der Waals surface area contributed by atoms with Crippen molar-refractivity contribution in [3.05, 3.63) is 117 Å². The molecule has 1 aliphatic heterocycles. The van der Waals surface area contributed by atoms with Gasteiger partial charge in [-0.15, -0.1) is 0 Å². The van der Waals surface area contributed by atoms with Crippen molar-refractivity contribution in [1.82, 2.24) is 4.57 Å². The first kappa shape index (κ1) is 36.2. The smallest absolute Gasteiger partial charge is 0.343 e. The van der Waals surface area contributed by atoms with Gasteiger partial charge in [0.25, 0.3) is 5.56 Å². The highest BCUT2D eigenvalue weighted by atomic mass is 79.9. The minimum absolute atomic E-state index is 0.124. The van der Waals surface area contributed by atoms with E-state index in [0.29, 0.717) is 57.9 Å². The third-order valence-corrected chi connectivity index (χ3v) is 9.29. The third-order valence-electron chi connectivity index (χ3n) is 7.27. The molecule has 0 bridgehead atoms. The zero-order valence-electron chi connectivity index (χ0n) is 26.9. The van der Waals surface area contributed by atoms with Crippen LogP contribution in [0.4, 0.5) is 0 Å². The van der Waals surface area contributed by atoms with Crippen LogP contribution in [-0.2, 0) is 25.7 Å². The van der Waals surface area contributed by atoms with Crippen molar-refractivity contribution in [1.29, 1.82) is 0 Å². The summed E-state index contributed by atoms with van der Waals surface area (Å²) in [5, 5.41) is 1.01. The van der Waals surface area contributed by atoms with Crippen molar-refractivity contribution in [2.24, 2.45) is 4.99 Å². The fourth-order valence-electron chi connectivity index (χ4n) is 5.15. The summed E-state index contributed by atoms with van der Waals surface area (Å²) in [6, 6.07) is 14.8. The second-order valence-electron chi connectivity index (χ2n) is 10.5. The Morgan fingerprint density at radius 3 is 2.51 bits per heavy atom. The Balaban J connectivity index is 1.64. The van der Waals surface area contributed by atoms with Crippen LogP contribution in [0.3, 0.4) is 0 Å². The Bertz CT molecular complexity index is 2130. The number of fused-ring (bicyclic) bond motifs is 1. The molecule has 0 fully saturated rings. The normalized spacial score (nSPS) is 14.2. The summed E-state index contributed by atoms with van der Waals surface area (Å²) in [6.45, 7) is 5.50. The zero-order chi connectivity index (χ0) is 35.2. The third kappa shape index (κ3) is 8.21. The van der Waals surface area contributed by atoms with Crippen LogP contribution in [-0.4, -0.2) is 43.4 Å². The molecule has 49 heavy (non-hydrogen) atoms. The quantitative estimate of drug-likeness (QED) is 0.152. The number of ether oxygens (including phenoxy) is 5. The molecule has 0 saturated carbocycles. The molecule has 256 valence electrons. The van der Waals surface area contributed by atoms with E-state index in [4.69, 9.17) is 42.1 Å². The number of methoxy groups -OCH3 is 1. The van der Waals surface area contributed by atoms with E-state index in [0.717, 1.165) is 16.9 Å². The molecule has 14 heteroatoms. The fraction of sp³-hybridized carbons (Fsp3) is 0.257. The van der Waals surface area contributed by atoms with E-state index in [-0.39, 0.29) is 32.0 Å². The number of hydrogen-bond donors (Lipinski definition) is 0. The number of aromatic nitrogens is 1. The Morgan fingerprint density at radius 2 is 1.80 bits per heavy atom. The number of hydrogen-bond acceptors (Lipinski definition) is 10. The van der Waals surface area contributed by atoms with E-state index in [9.17, 15) is 14.4 Å². The number of esters is 2. The maximum absolute atomic E-state index is 14.3. The lowest BCUT2D eigenvalue weighted by Gasteiger charge is -2.25. The van der Waals surface area contributed by atoms with Gasteiger partial charge in [0.15, 0.2) is 22.9 Å². The molecule has 0 saturated heterocycles. The number of carbonyl (C=O) groups excluding carboxylic acids is 2. The Labute approximate surface area is 304 Å². The zero-order valence-corrected chi connectivity index (χ0v) is 30.8. The lowest BCUT2D eigenvalue weighted by Crippen LogP contribution is -2.40. The Kier molecular flexibility index (Phi) is 11.9. The van der Waals surface area contributed by atoms with Crippen LogP contribution >= 0.6 is 50.5 Å². The van der Waals surface area contributed by atoms with Crippen LogP contribution in [0.25, 0.3) is 6.08 Å². The number of benzene rings is 3. The largest absolute Gasteiger partial charge is 0.490 e. The monoisotopic (exact) mass is 788 g/mol. The van der Waals surface area contributed by atoms with Crippen molar-refractivity contribution in [3.8, 4) is 17.2 Å². The molecule has 2 heterocycles. The molecule has 3 aromatic carbocycles. The molecule has 1 aliphatic rings. The van der Waals surface area contributed by atoms with Crippen molar-refractivity contribution in [3.63, 3.8) is 0 Å². The molecule has 0 aliphatic carbocycles. The van der Waals surface area contributed by atoms with Crippen LogP contribution in [0.5, 0.6) is 17.2 Å². The van der Waals surface area contributed by atoms with Crippen LogP contribution in [0, 0.1) is 0 Å². The van der Waals surface area contributed by atoms with Gasteiger partial charge in [-0.3, -0.25) is 9.36 Å². The minimum atomic E-state index is -0.920. The molecule has 1 aromatic heterocycles. The van der Waals surface area contributed by atoms with E-state index in [2.05, 4.69) is 25.7 Å². The average Bonchev–Trinajstić information content (AvgIpc) is 3.36. The maximum atomic E-state index is 14.3. The van der Waals surface area contributed by atoms with Gasteiger partial charge in [0.2, 0.25) is 0 Å². The highest BCUT2D eigenvalue weighted by molar-refractivity contribution is 9.10. The summed E-state index contributed by atoms with van der Waals surface area (Å²) in [5.41, 5.74) is 2.14. The Hall–Kier alpha value is -4.10. The van der Waals surface area contributed by atoms with Gasteiger partial charge in [0.05, 0.1) is 46.6 Å². The first-order valence-electron chi connectivity index (χ1n) is 15.1. The standard InChI is InChI=1S/C35H31BrCl2N2O8S/c1-5-45-27-14-21(10-11-26(27)47-18-29(41)44-4)31-30(34(43)46-6-2)19(3)39-35-40(31)33(42)28(49-35)15-22-13-24(38)16-25(36)32(22)48-17-20-8-7-9-23(37)12-20/h7-16,31H,5-6,17-18H2,1-4H3/b28-15+/t31-/m1/s1. The van der Waals surface area contributed by atoms with Crippen LogP contribution in [0.1, 0.15) is 43.5 Å². The van der Waals surface area contributed by atoms with Gasteiger partial charge in [-0.2, -0.15) is 0 Å². The number of carbonyl (C=O) groups is 2. The van der Waals surface area contributed by atoms with E-state index < -0.39 is 23.5 Å². The first-order valence-corrected chi connectivity index (χ1v) is 17.4.